The summed E-state index contributed by atoms with van der Waals surface area (Å²) in [6.07, 6.45) is 7.24. The Kier molecular flexibility index (Phi) is 4.15. The van der Waals surface area contributed by atoms with Crippen LogP contribution in [0.5, 0.6) is 0 Å². The van der Waals surface area contributed by atoms with Crippen LogP contribution in [0.25, 0.3) is 0 Å². The zero-order valence-electron chi connectivity index (χ0n) is 9.89. The maximum absolute atomic E-state index is 11.9. The quantitative estimate of drug-likeness (QED) is 0.945. The van der Waals surface area contributed by atoms with Gasteiger partial charge in [0.15, 0.2) is 0 Å². The number of nitrogens with one attached hydrogen (secondary N) is 1. The third-order valence-electron chi connectivity index (χ3n) is 2.47. The van der Waals surface area contributed by atoms with Crippen molar-refractivity contribution in [3.05, 3.63) is 52.7 Å². The number of hydrogen-bond acceptors (Lipinski definition) is 3. The monoisotopic (exact) mass is 308 g/mol. The van der Waals surface area contributed by atoms with Crippen molar-refractivity contribution >= 4 is 21.8 Å². The molecule has 1 N–H and O–H groups in total. The normalized spacial score (nSPS) is 12.1. The second-order valence-corrected chi connectivity index (χ2v) is 5.02. The SMILES string of the molecule is C[C@@H](Cc1ccoc1)NC(=O)c1cncc(Br)c1. The van der Waals surface area contributed by atoms with Crippen LogP contribution in [0.4, 0.5) is 0 Å². The summed E-state index contributed by atoms with van der Waals surface area (Å²) in [5.74, 6) is -0.125. The van der Waals surface area contributed by atoms with Crippen molar-refractivity contribution in [2.24, 2.45) is 0 Å². The number of carbonyl (C=O) groups excluding carboxylic acids is 1. The van der Waals surface area contributed by atoms with Crippen LogP contribution in [0.15, 0.2) is 45.9 Å². The summed E-state index contributed by atoms with van der Waals surface area (Å²) < 4.78 is 5.78. The maximum Gasteiger partial charge on any atom is 0.253 e. The first kappa shape index (κ1) is 12.8. The molecule has 0 aliphatic rings. The van der Waals surface area contributed by atoms with Gasteiger partial charge in [0.2, 0.25) is 0 Å². The Labute approximate surface area is 114 Å². The van der Waals surface area contributed by atoms with Gasteiger partial charge in [-0.05, 0) is 47.0 Å². The summed E-state index contributed by atoms with van der Waals surface area (Å²) >= 11 is 3.29. The molecule has 94 valence electrons. The third kappa shape index (κ3) is 3.43. The van der Waals surface area contributed by atoms with Gasteiger partial charge in [-0.3, -0.25) is 9.78 Å². The van der Waals surface area contributed by atoms with E-state index in [9.17, 15) is 4.79 Å². The number of aromatic nitrogens is 1. The lowest BCUT2D eigenvalue weighted by atomic mass is 10.1. The number of rotatable bonds is 4. The molecule has 0 aliphatic heterocycles. The Morgan fingerprint density at radius 1 is 1.56 bits per heavy atom. The van der Waals surface area contributed by atoms with E-state index in [2.05, 4.69) is 26.2 Å². The average molecular weight is 309 g/mol. The molecule has 2 aromatic rings. The van der Waals surface area contributed by atoms with Crippen molar-refractivity contribution in [1.29, 1.82) is 0 Å². The van der Waals surface area contributed by atoms with Gasteiger partial charge in [-0.25, -0.2) is 0 Å². The van der Waals surface area contributed by atoms with Crippen LogP contribution in [0, 0.1) is 0 Å². The van der Waals surface area contributed by atoms with Crippen LogP contribution >= 0.6 is 15.9 Å². The molecule has 0 aliphatic carbocycles. The molecule has 1 atom stereocenters. The van der Waals surface area contributed by atoms with Crippen molar-refractivity contribution in [2.75, 3.05) is 0 Å². The minimum absolute atomic E-state index is 0.0362. The lowest BCUT2D eigenvalue weighted by Gasteiger charge is -2.12. The fourth-order valence-electron chi connectivity index (χ4n) is 1.66. The molecule has 0 unspecified atom stereocenters. The van der Waals surface area contributed by atoms with E-state index in [1.807, 2.05) is 13.0 Å². The molecule has 4 nitrogen and oxygen atoms in total. The molecular formula is C13H13BrN2O2. The molecule has 5 heteroatoms. The summed E-state index contributed by atoms with van der Waals surface area (Å²) in [4.78, 5) is 15.9. The van der Waals surface area contributed by atoms with Crippen molar-refractivity contribution in [3.8, 4) is 0 Å². The molecular weight excluding hydrogens is 296 g/mol. The standard InChI is InChI=1S/C13H13BrN2O2/c1-9(4-10-2-3-18-8-10)16-13(17)11-5-12(14)7-15-6-11/h2-3,5-9H,4H2,1H3,(H,16,17)/t9-/m0/s1. The Morgan fingerprint density at radius 3 is 3.06 bits per heavy atom. The molecule has 18 heavy (non-hydrogen) atoms. The van der Waals surface area contributed by atoms with Gasteiger partial charge in [0.1, 0.15) is 0 Å². The van der Waals surface area contributed by atoms with Crippen molar-refractivity contribution in [1.82, 2.24) is 10.3 Å². The molecule has 2 heterocycles. The minimum Gasteiger partial charge on any atom is -0.472 e. The molecule has 0 aromatic carbocycles. The minimum atomic E-state index is -0.125. The second-order valence-electron chi connectivity index (χ2n) is 4.10. The molecule has 2 aromatic heterocycles. The van der Waals surface area contributed by atoms with E-state index in [1.54, 1.807) is 31.0 Å². The van der Waals surface area contributed by atoms with Crippen LogP contribution in [-0.2, 0) is 6.42 Å². The number of amides is 1. The molecule has 2 rings (SSSR count). The van der Waals surface area contributed by atoms with Gasteiger partial charge in [0.05, 0.1) is 18.1 Å². The lowest BCUT2D eigenvalue weighted by molar-refractivity contribution is 0.0939. The van der Waals surface area contributed by atoms with Gasteiger partial charge in [0, 0.05) is 22.9 Å². The zero-order valence-corrected chi connectivity index (χ0v) is 11.5. The summed E-state index contributed by atoms with van der Waals surface area (Å²) in [6.45, 7) is 1.95. The highest BCUT2D eigenvalue weighted by Gasteiger charge is 2.11. The van der Waals surface area contributed by atoms with Crippen molar-refractivity contribution in [2.45, 2.75) is 19.4 Å². The van der Waals surface area contributed by atoms with E-state index in [-0.39, 0.29) is 11.9 Å². The number of furan rings is 1. The molecule has 0 fully saturated rings. The van der Waals surface area contributed by atoms with Crippen LogP contribution in [0.2, 0.25) is 0 Å². The largest absolute Gasteiger partial charge is 0.472 e. The van der Waals surface area contributed by atoms with Crippen LogP contribution in [0.1, 0.15) is 22.8 Å². The Morgan fingerprint density at radius 2 is 2.39 bits per heavy atom. The molecule has 1 amide bonds. The van der Waals surface area contributed by atoms with Crippen molar-refractivity contribution in [3.63, 3.8) is 0 Å². The Balaban J connectivity index is 1.95. The molecule has 0 radical (unpaired) electrons. The van der Waals surface area contributed by atoms with Gasteiger partial charge in [0.25, 0.3) is 5.91 Å². The summed E-state index contributed by atoms with van der Waals surface area (Å²) in [7, 11) is 0. The lowest BCUT2D eigenvalue weighted by Crippen LogP contribution is -2.34. The topological polar surface area (TPSA) is 55.1 Å². The Hall–Kier alpha value is -1.62. The predicted octanol–water partition coefficient (Wildman–Crippen LogP) is 2.80. The van der Waals surface area contributed by atoms with Crippen molar-refractivity contribution < 1.29 is 9.21 Å². The van der Waals surface area contributed by atoms with Gasteiger partial charge in [-0.1, -0.05) is 0 Å². The molecule has 0 saturated carbocycles. The van der Waals surface area contributed by atoms with Gasteiger partial charge < -0.3 is 9.73 Å². The maximum atomic E-state index is 11.9. The number of nitrogens with zero attached hydrogens (tertiary/aromatic N) is 1. The molecule has 0 bridgehead atoms. The first-order chi connectivity index (χ1) is 8.65. The van der Waals surface area contributed by atoms with Crippen LogP contribution in [0.3, 0.4) is 0 Å². The molecule has 0 saturated heterocycles. The molecule has 0 spiro atoms. The van der Waals surface area contributed by atoms with Gasteiger partial charge >= 0.3 is 0 Å². The zero-order chi connectivity index (χ0) is 13.0. The predicted molar refractivity (Wildman–Crippen MR) is 71.3 cm³/mol. The number of hydrogen-bond donors (Lipinski definition) is 1. The highest BCUT2D eigenvalue weighted by atomic mass is 79.9. The second kappa shape index (κ2) is 5.82. The van der Waals surface area contributed by atoms with E-state index in [0.717, 1.165) is 16.5 Å². The highest BCUT2D eigenvalue weighted by Crippen LogP contribution is 2.10. The number of halogens is 1. The van der Waals surface area contributed by atoms with Crippen LogP contribution in [-0.4, -0.2) is 16.9 Å². The Bertz CT molecular complexity index is 526. The van der Waals surface area contributed by atoms with E-state index in [0.29, 0.717) is 5.56 Å². The fourth-order valence-corrected chi connectivity index (χ4v) is 2.02. The summed E-state index contributed by atoms with van der Waals surface area (Å²) in [5, 5.41) is 2.92. The van der Waals surface area contributed by atoms with Gasteiger partial charge in [-0.15, -0.1) is 0 Å². The van der Waals surface area contributed by atoms with E-state index in [4.69, 9.17) is 4.42 Å². The smallest absolute Gasteiger partial charge is 0.253 e. The average Bonchev–Trinajstić information content (AvgIpc) is 2.81. The summed E-state index contributed by atoms with van der Waals surface area (Å²) in [6, 6.07) is 3.67. The van der Waals surface area contributed by atoms with E-state index >= 15 is 0 Å². The van der Waals surface area contributed by atoms with E-state index < -0.39 is 0 Å². The van der Waals surface area contributed by atoms with E-state index in [1.165, 1.54) is 0 Å². The first-order valence-electron chi connectivity index (χ1n) is 5.57. The number of pyridine rings is 1. The van der Waals surface area contributed by atoms with Gasteiger partial charge in [-0.2, -0.15) is 0 Å². The highest BCUT2D eigenvalue weighted by molar-refractivity contribution is 9.10. The first-order valence-corrected chi connectivity index (χ1v) is 6.37. The third-order valence-corrected chi connectivity index (χ3v) is 2.90. The number of carbonyl (C=O) groups is 1. The summed E-state index contributed by atoms with van der Waals surface area (Å²) in [5.41, 5.74) is 1.61. The fraction of sp³-hybridized carbons (Fsp3) is 0.231. The van der Waals surface area contributed by atoms with Crippen LogP contribution < -0.4 is 5.32 Å².